The number of nitrogens with one attached hydrogen (secondary N) is 2. The smallest absolute Gasteiger partial charge is 0.421 e. The number of hydrogen-bond donors (Lipinski definition) is 2. The minimum atomic E-state index is -4.17. The Bertz CT molecular complexity index is 1430. The van der Waals surface area contributed by atoms with Crippen molar-refractivity contribution in [2.45, 2.75) is 69.0 Å². The van der Waals surface area contributed by atoms with Crippen LogP contribution in [0.15, 0.2) is 70.0 Å². The molecule has 2 atom stereocenters. The van der Waals surface area contributed by atoms with Gasteiger partial charge in [0.2, 0.25) is 0 Å². The highest BCUT2D eigenvalue weighted by molar-refractivity contribution is 7.90. The van der Waals surface area contributed by atoms with E-state index < -0.39 is 49.9 Å². The summed E-state index contributed by atoms with van der Waals surface area (Å²) >= 11 is 0. The van der Waals surface area contributed by atoms with Crippen LogP contribution in [0.4, 0.5) is 9.59 Å². The van der Waals surface area contributed by atoms with E-state index in [0.29, 0.717) is 12.8 Å². The lowest BCUT2D eigenvalue weighted by Crippen LogP contribution is -2.48. The predicted molar refractivity (Wildman–Crippen MR) is 140 cm³/mol. The van der Waals surface area contributed by atoms with Crippen LogP contribution in [0.1, 0.15) is 44.7 Å². The molecule has 3 rings (SSSR count). The van der Waals surface area contributed by atoms with Gasteiger partial charge in [-0.2, -0.15) is 0 Å². The van der Waals surface area contributed by atoms with Gasteiger partial charge in [0, 0.05) is 5.92 Å². The molecule has 0 bridgehead atoms. The summed E-state index contributed by atoms with van der Waals surface area (Å²) in [6, 6.07) is 11.9. The number of amides is 2. The Morgan fingerprint density at radius 3 is 1.71 bits per heavy atom. The molecular weight excluding hydrogens is 532 g/mol. The summed E-state index contributed by atoms with van der Waals surface area (Å²) in [5, 5.41) is 0. The van der Waals surface area contributed by atoms with Crippen molar-refractivity contribution in [3.63, 3.8) is 0 Å². The Labute approximate surface area is 223 Å². The zero-order chi connectivity index (χ0) is 28.3. The van der Waals surface area contributed by atoms with E-state index in [9.17, 15) is 26.4 Å². The zero-order valence-electron chi connectivity index (χ0n) is 21.8. The second-order valence-corrected chi connectivity index (χ2v) is 13.2. The minimum Gasteiger partial charge on any atom is -0.442 e. The van der Waals surface area contributed by atoms with Crippen molar-refractivity contribution in [2.24, 2.45) is 5.92 Å². The van der Waals surface area contributed by atoms with Crippen LogP contribution >= 0.6 is 0 Å². The van der Waals surface area contributed by atoms with Gasteiger partial charge in [0.15, 0.2) is 0 Å². The Morgan fingerprint density at radius 2 is 1.24 bits per heavy atom. The Balaban J connectivity index is 1.71. The fourth-order valence-corrected chi connectivity index (χ4v) is 5.89. The summed E-state index contributed by atoms with van der Waals surface area (Å²) in [7, 11) is -8.34. The number of carbonyl (C=O) groups excluding carboxylic acids is 2. The fourth-order valence-electron chi connectivity index (χ4n) is 4.14. The number of allylic oxidation sites excluding steroid dienone is 1. The van der Waals surface area contributed by atoms with Gasteiger partial charge in [-0.05, 0) is 77.8 Å². The van der Waals surface area contributed by atoms with Crippen molar-refractivity contribution in [2.75, 3.05) is 0 Å². The van der Waals surface area contributed by atoms with Crippen LogP contribution in [0.2, 0.25) is 0 Å². The summed E-state index contributed by atoms with van der Waals surface area (Å²) < 4.78 is 65.1. The molecule has 12 heteroatoms. The van der Waals surface area contributed by atoms with Gasteiger partial charge < -0.3 is 9.47 Å². The molecule has 2 aromatic rings. The third-order valence-electron chi connectivity index (χ3n) is 6.28. The van der Waals surface area contributed by atoms with Crippen molar-refractivity contribution in [1.29, 1.82) is 0 Å². The Morgan fingerprint density at radius 1 is 0.789 bits per heavy atom. The lowest BCUT2D eigenvalue weighted by Gasteiger charge is -2.39. The van der Waals surface area contributed by atoms with E-state index in [1.54, 1.807) is 58.0 Å². The number of benzene rings is 2. The van der Waals surface area contributed by atoms with Crippen LogP contribution in [-0.4, -0.2) is 40.7 Å². The fraction of sp³-hybridized carbons (Fsp3) is 0.385. The van der Waals surface area contributed by atoms with Crippen molar-refractivity contribution >= 4 is 32.2 Å². The quantitative estimate of drug-likeness (QED) is 0.473. The number of aryl methyl sites for hydroxylation is 2. The Hall–Kier alpha value is -3.38. The standard InChI is InChI=1S/C26H32N2O8S2/c1-17-6-11-20(12-7-17)37(31,32)27-24(29)35-23-16-19(3)10-15-22(23)26(4,5)36-25(30)28-38(33,34)21-13-8-18(2)9-14-21/h6-9,11-14,16,22-23H,10,15H2,1-5H3,(H,27,29)(H,28,30)/t22-,23?/m1/s1. The molecule has 1 aliphatic rings. The average Bonchev–Trinajstić information content (AvgIpc) is 2.78. The molecule has 0 radical (unpaired) electrons. The molecule has 206 valence electrons. The molecule has 1 unspecified atom stereocenters. The van der Waals surface area contributed by atoms with Gasteiger partial charge in [0.1, 0.15) is 11.7 Å². The van der Waals surface area contributed by atoms with Crippen LogP contribution in [0.25, 0.3) is 0 Å². The van der Waals surface area contributed by atoms with Crippen LogP contribution in [0.3, 0.4) is 0 Å². The first-order chi connectivity index (χ1) is 17.6. The lowest BCUT2D eigenvalue weighted by atomic mass is 9.77. The van der Waals surface area contributed by atoms with Gasteiger partial charge in [-0.1, -0.05) is 41.0 Å². The largest absolute Gasteiger partial charge is 0.442 e. The number of carbonyl (C=O) groups is 2. The van der Waals surface area contributed by atoms with E-state index in [2.05, 4.69) is 0 Å². The molecule has 2 aromatic carbocycles. The first-order valence-electron chi connectivity index (χ1n) is 11.9. The van der Waals surface area contributed by atoms with Gasteiger partial charge in [0.25, 0.3) is 20.0 Å². The molecule has 38 heavy (non-hydrogen) atoms. The van der Waals surface area contributed by atoms with Crippen molar-refractivity contribution in [3.05, 3.63) is 71.3 Å². The van der Waals surface area contributed by atoms with E-state index in [1.807, 2.05) is 16.4 Å². The molecule has 0 saturated heterocycles. The second kappa shape index (κ2) is 11.2. The highest BCUT2D eigenvalue weighted by Crippen LogP contribution is 2.36. The summed E-state index contributed by atoms with van der Waals surface area (Å²) in [5.41, 5.74) is 1.33. The molecule has 0 aliphatic heterocycles. The first kappa shape index (κ1) is 29.2. The molecule has 1 aliphatic carbocycles. The van der Waals surface area contributed by atoms with E-state index >= 15 is 0 Å². The monoisotopic (exact) mass is 564 g/mol. The lowest BCUT2D eigenvalue weighted by molar-refractivity contribution is -0.0497. The SMILES string of the molecule is CC1=CC(OC(=O)NS(=O)(=O)c2ccc(C)cc2)[C@H](C(C)(C)OC(=O)NS(=O)(=O)c2ccc(C)cc2)CC1. The maximum absolute atomic E-state index is 12.6. The number of ether oxygens (including phenoxy) is 2. The molecule has 0 saturated carbocycles. The van der Waals surface area contributed by atoms with E-state index in [0.717, 1.165) is 16.7 Å². The second-order valence-electron chi connectivity index (χ2n) is 9.86. The van der Waals surface area contributed by atoms with Crippen molar-refractivity contribution in [3.8, 4) is 0 Å². The first-order valence-corrected chi connectivity index (χ1v) is 14.9. The summed E-state index contributed by atoms with van der Waals surface area (Å²) in [5.74, 6) is -0.591. The van der Waals surface area contributed by atoms with Crippen LogP contribution in [0.5, 0.6) is 0 Å². The van der Waals surface area contributed by atoms with Gasteiger partial charge in [-0.15, -0.1) is 0 Å². The topological polar surface area (TPSA) is 145 Å². The number of rotatable bonds is 7. The van der Waals surface area contributed by atoms with Crippen molar-refractivity contribution < 1.29 is 35.9 Å². The zero-order valence-corrected chi connectivity index (χ0v) is 23.5. The highest BCUT2D eigenvalue weighted by Gasteiger charge is 2.42. The van der Waals surface area contributed by atoms with E-state index in [-0.39, 0.29) is 9.79 Å². The Kier molecular flexibility index (Phi) is 8.57. The number of sulfonamides is 2. The summed E-state index contributed by atoms with van der Waals surface area (Å²) in [6.45, 7) is 8.58. The maximum Gasteiger partial charge on any atom is 0.421 e. The predicted octanol–water partition coefficient (Wildman–Crippen LogP) is 4.34. The maximum atomic E-state index is 12.6. The highest BCUT2D eigenvalue weighted by atomic mass is 32.2. The molecule has 0 aromatic heterocycles. The molecule has 0 spiro atoms. The van der Waals surface area contributed by atoms with Crippen LogP contribution in [-0.2, 0) is 29.5 Å². The number of hydrogen-bond acceptors (Lipinski definition) is 8. The molecular formula is C26H32N2O8S2. The van der Waals surface area contributed by atoms with E-state index in [1.165, 1.54) is 24.3 Å². The van der Waals surface area contributed by atoms with Crippen molar-refractivity contribution in [1.82, 2.24) is 9.44 Å². The summed E-state index contributed by atoms with van der Waals surface area (Å²) in [4.78, 5) is 25.0. The minimum absolute atomic E-state index is 0.0953. The van der Waals surface area contributed by atoms with E-state index in [4.69, 9.17) is 9.47 Å². The van der Waals surface area contributed by atoms with Crippen LogP contribution < -0.4 is 9.44 Å². The molecule has 2 N–H and O–H groups in total. The summed E-state index contributed by atoms with van der Waals surface area (Å²) in [6.07, 6.45) is -0.591. The third kappa shape index (κ3) is 7.35. The molecule has 0 fully saturated rings. The molecule has 10 nitrogen and oxygen atoms in total. The molecule has 0 heterocycles. The van der Waals surface area contributed by atoms with Gasteiger partial charge in [-0.25, -0.2) is 35.9 Å². The van der Waals surface area contributed by atoms with Crippen LogP contribution in [0, 0.1) is 19.8 Å². The normalized spacial score (nSPS) is 18.2. The molecule has 2 amide bonds. The van der Waals surface area contributed by atoms with Gasteiger partial charge in [0.05, 0.1) is 9.79 Å². The average molecular weight is 565 g/mol. The van der Waals surface area contributed by atoms with Gasteiger partial charge >= 0.3 is 12.2 Å². The van der Waals surface area contributed by atoms with Gasteiger partial charge in [-0.3, -0.25) is 0 Å². The third-order valence-corrected chi connectivity index (χ3v) is 8.94.